The van der Waals surface area contributed by atoms with Crippen LogP contribution in [0.25, 0.3) is 0 Å². The van der Waals surface area contributed by atoms with Crippen LogP contribution < -0.4 is 9.80 Å². The van der Waals surface area contributed by atoms with E-state index in [1.165, 1.54) is 4.90 Å². The zero-order valence-electron chi connectivity index (χ0n) is 20.4. The van der Waals surface area contributed by atoms with Crippen LogP contribution in [0.2, 0.25) is 0 Å². The van der Waals surface area contributed by atoms with Gasteiger partial charge in [-0.1, -0.05) is 25.2 Å². The van der Waals surface area contributed by atoms with E-state index in [9.17, 15) is 24.6 Å². The Morgan fingerprint density at radius 1 is 1.26 bits per heavy atom. The topological polar surface area (TPSA) is 101 Å². The minimum Gasteiger partial charge on any atom is -0.394 e. The number of benzene rings is 1. The number of piperidine rings is 1. The molecule has 8 heteroatoms. The van der Waals surface area contributed by atoms with Gasteiger partial charge in [0, 0.05) is 49.6 Å². The molecular weight excluding hydrogens is 446 g/mol. The molecule has 0 bridgehead atoms. The van der Waals surface area contributed by atoms with Crippen LogP contribution in [0.15, 0.2) is 43.0 Å². The van der Waals surface area contributed by atoms with Gasteiger partial charge in [0.25, 0.3) is 5.91 Å². The van der Waals surface area contributed by atoms with E-state index in [-0.39, 0.29) is 37.4 Å². The van der Waals surface area contributed by atoms with Crippen molar-refractivity contribution in [2.75, 3.05) is 36.0 Å². The van der Waals surface area contributed by atoms with Crippen molar-refractivity contribution in [3.8, 4) is 0 Å². The molecular formula is C27H35N3O5. The van der Waals surface area contributed by atoms with Crippen molar-refractivity contribution >= 4 is 29.1 Å². The molecule has 3 atom stereocenters. The van der Waals surface area contributed by atoms with Gasteiger partial charge >= 0.3 is 0 Å². The second kappa shape index (κ2) is 10.3. The number of nitrogens with zero attached hydrogens (tertiary/aromatic N) is 3. The van der Waals surface area contributed by atoms with Gasteiger partial charge in [0.15, 0.2) is 5.60 Å². The molecule has 0 spiro atoms. The van der Waals surface area contributed by atoms with E-state index in [4.69, 9.17) is 0 Å². The summed E-state index contributed by atoms with van der Waals surface area (Å²) in [6.45, 7) is 6.96. The Labute approximate surface area is 206 Å². The van der Waals surface area contributed by atoms with Crippen LogP contribution in [-0.2, 0) is 20.0 Å². The fourth-order valence-electron chi connectivity index (χ4n) is 5.48. The molecule has 0 aromatic heterocycles. The predicted molar refractivity (Wildman–Crippen MR) is 134 cm³/mol. The molecule has 0 saturated carbocycles. The molecule has 0 radical (unpaired) electrons. The quantitative estimate of drug-likeness (QED) is 0.556. The first-order valence-electron chi connectivity index (χ1n) is 12.5. The molecule has 188 valence electrons. The minimum atomic E-state index is -1.83. The molecule has 3 amide bonds. The first kappa shape index (κ1) is 25.1. The van der Waals surface area contributed by atoms with Crippen LogP contribution in [0.4, 0.5) is 11.4 Å². The minimum absolute atomic E-state index is 0.0431. The number of aliphatic hydroxyl groups excluding tert-OH is 1. The normalized spacial score (nSPS) is 25.5. The summed E-state index contributed by atoms with van der Waals surface area (Å²) < 4.78 is 0. The molecule has 35 heavy (non-hydrogen) atoms. The number of likely N-dealkylation sites (tertiary alicyclic amines) is 1. The Morgan fingerprint density at radius 3 is 2.77 bits per heavy atom. The molecule has 3 aliphatic rings. The molecule has 8 nitrogen and oxygen atoms in total. The lowest BCUT2D eigenvalue weighted by atomic mass is 9.82. The lowest BCUT2D eigenvalue weighted by Crippen LogP contribution is -2.44. The Morgan fingerprint density at radius 2 is 2.06 bits per heavy atom. The number of amides is 3. The largest absolute Gasteiger partial charge is 0.394 e. The summed E-state index contributed by atoms with van der Waals surface area (Å²) in [5, 5.41) is 21.3. The number of anilines is 2. The highest BCUT2D eigenvalue weighted by atomic mass is 16.3. The summed E-state index contributed by atoms with van der Waals surface area (Å²) in [6.07, 6.45) is 9.10. The number of rotatable bonds is 8. The Bertz CT molecular complexity index is 1040. The van der Waals surface area contributed by atoms with Gasteiger partial charge in [0.05, 0.1) is 18.3 Å². The van der Waals surface area contributed by atoms with E-state index in [0.29, 0.717) is 36.4 Å². The van der Waals surface area contributed by atoms with Crippen molar-refractivity contribution in [2.24, 2.45) is 5.92 Å². The first-order valence-corrected chi connectivity index (χ1v) is 12.5. The zero-order valence-corrected chi connectivity index (χ0v) is 20.4. The van der Waals surface area contributed by atoms with Crippen LogP contribution in [0, 0.1) is 5.92 Å². The summed E-state index contributed by atoms with van der Waals surface area (Å²) in [6, 6.07) is 5.23. The third-order valence-electron chi connectivity index (χ3n) is 7.48. The molecule has 3 aliphatic heterocycles. The Kier molecular flexibility index (Phi) is 7.42. The highest BCUT2D eigenvalue weighted by molar-refractivity contribution is 6.08. The van der Waals surface area contributed by atoms with E-state index < -0.39 is 17.4 Å². The van der Waals surface area contributed by atoms with Gasteiger partial charge < -0.3 is 24.9 Å². The summed E-state index contributed by atoms with van der Waals surface area (Å²) in [4.78, 5) is 43.5. The Hall–Kier alpha value is -2.97. The summed E-state index contributed by atoms with van der Waals surface area (Å²) >= 11 is 0. The predicted octanol–water partition coefficient (Wildman–Crippen LogP) is 2.49. The van der Waals surface area contributed by atoms with Crippen molar-refractivity contribution in [1.82, 2.24) is 4.90 Å². The van der Waals surface area contributed by atoms with Crippen LogP contribution in [-0.4, -0.2) is 65.1 Å². The number of carbonyl (C=O) groups is 3. The molecule has 0 aliphatic carbocycles. The van der Waals surface area contributed by atoms with Gasteiger partial charge in [0.1, 0.15) is 0 Å². The number of hydrogen-bond donors (Lipinski definition) is 2. The monoisotopic (exact) mass is 481 g/mol. The fourth-order valence-corrected chi connectivity index (χ4v) is 5.48. The molecule has 2 saturated heterocycles. The average Bonchev–Trinajstić information content (AvgIpc) is 3.42. The number of carbonyl (C=O) groups excluding carboxylic acids is 3. The molecule has 1 aromatic rings. The van der Waals surface area contributed by atoms with Crippen LogP contribution in [0.1, 0.15) is 51.0 Å². The number of hydrogen-bond acceptors (Lipinski definition) is 5. The van der Waals surface area contributed by atoms with Gasteiger partial charge in [0.2, 0.25) is 11.8 Å². The average molecular weight is 482 g/mol. The standard InChI is InChI=1S/C27H35N3O5/c1-3-14-30-23-13-12-20(28-15-5-4-10-24(28)32)17-22(23)27(35,26(30)34)19(2)8-6-11-25(33)29-16-7-9-21(29)18-31/h3,6,8,12-13,17,19,21,31,35H,1,4-5,7,9-11,14-16,18H2,2H3/b8-6+/t19-,21+,27+/m1/s1. The molecule has 0 unspecified atom stereocenters. The molecule has 3 heterocycles. The van der Waals surface area contributed by atoms with Crippen molar-refractivity contribution in [3.63, 3.8) is 0 Å². The number of aliphatic hydroxyl groups is 2. The SMILES string of the molecule is C=CCN1C(=O)[C@](O)([C@H](C)/C=C/CC(=O)N2CCC[C@H]2CO)c2cc(N3CCCCC3=O)ccc21. The van der Waals surface area contributed by atoms with Gasteiger partial charge in [-0.05, 0) is 43.9 Å². The smallest absolute Gasteiger partial charge is 0.264 e. The van der Waals surface area contributed by atoms with Crippen LogP contribution in [0.5, 0.6) is 0 Å². The summed E-state index contributed by atoms with van der Waals surface area (Å²) in [5.41, 5.74) is -0.0856. The molecule has 2 N–H and O–H groups in total. The highest BCUT2D eigenvalue weighted by Gasteiger charge is 2.52. The Balaban J connectivity index is 1.59. The zero-order chi connectivity index (χ0) is 25.2. The van der Waals surface area contributed by atoms with Crippen molar-refractivity contribution in [1.29, 1.82) is 0 Å². The molecule has 4 rings (SSSR count). The maximum Gasteiger partial charge on any atom is 0.264 e. The van der Waals surface area contributed by atoms with Gasteiger partial charge in [-0.15, -0.1) is 6.58 Å². The third kappa shape index (κ3) is 4.52. The lowest BCUT2D eigenvalue weighted by molar-refractivity contribution is -0.139. The lowest BCUT2D eigenvalue weighted by Gasteiger charge is -2.30. The number of fused-ring (bicyclic) bond motifs is 1. The van der Waals surface area contributed by atoms with E-state index >= 15 is 0 Å². The maximum atomic E-state index is 13.5. The van der Waals surface area contributed by atoms with Gasteiger partial charge in [-0.2, -0.15) is 0 Å². The second-order valence-corrected chi connectivity index (χ2v) is 9.66. The van der Waals surface area contributed by atoms with Crippen molar-refractivity contribution < 1.29 is 24.6 Å². The van der Waals surface area contributed by atoms with Crippen molar-refractivity contribution in [2.45, 2.75) is 57.1 Å². The van der Waals surface area contributed by atoms with Gasteiger partial charge in [-0.25, -0.2) is 0 Å². The van der Waals surface area contributed by atoms with Gasteiger partial charge in [-0.3, -0.25) is 14.4 Å². The first-order chi connectivity index (χ1) is 16.8. The van der Waals surface area contributed by atoms with E-state index in [1.54, 1.807) is 47.1 Å². The van der Waals surface area contributed by atoms with Crippen LogP contribution >= 0.6 is 0 Å². The van der Waals surface area contributed by atoms with E-state index in [0.717, 1.165) is 25.7 Å². The maximum absolute atomic E-state index is 13.5. The summed E-state index contributed by atoms with van der Waals surface area (Å²) in [7, 11) is 0. The molecule has 2 fully saturated rings. The fraction of sp³-hybridized carbons (Fsp3) is 0.519. The highest BCUT2D eigenvalue weighted by Crippen LogP contribution is 2.46. The second-order valence-electron chi connectivity index (χ2n) is 9.66. The van der Waals surface area contributed by atoms with Crippen LogP contribution in [0.3, 0.4) is 0 Å². The van der Waals surface area contributed by atoms with E-state index in [2.05, 4.69) is 6.58 Å². The third-order valence-corrected chi connectivity index (χ3v) is 7.48. The molecule has 1 aromatic carbocycles. The van der Waals surface area contributed by atoms with E-state index in [1.807, 2.05) is 6.07 Å². The summed E-state index contributed by atoms with van der Waals surface area (Å²) in [5.74, 6) is -1.09. The van der Waals surface area contributed by atoms with Crippen molar-refractivity contribution in [3.05, 3.63) is 48.6 Å².